The molecule has 24 heavy (non-hydrogen) atoms. The Balaban J connectivity index is 1.72. The SMILES string of the molecule is COc1ccc(-c2nnc(SCC3=CC(=O)C(=O)CO3)n2N)cc1. The Morgan fingerprint density at radius 2 is 2.04 bits per heavy atom. The van der Waals surface area contributed by atoms with Gasteiger partial charge in [-0.1, -0.05) is 11.8 Å². The lowest BCUT2D eigenvalue weighted by Gasteiger charge is -2.12. The predicted molar refractivity (Wildman–Crippen MR) is 86.9 cm³/mol. The fourth-order valence-electron chi connectivity index (χ4n) is 2.03. The van der Waals surface area contributed by atoms with E-state index in [-0.39, 0.29) is 6.61 Å². The number of ketones is 2. The van der Waals surface area contributed by atoms with Crippen LogP contribution in [0.4, 0.5) is 0 Å². The topological polar surface area (TPSA) is 109 Å². The zero-order valence-corrected chi connectivity index (χ0v) is 13.6. The zero-order valence-electron chi connectivity index (χ0n) is 12.8. The van der Waals surface area contributed by atoms with Gasteiger partial charge < -0.3 is 15.3 Å². The van der Waals surface area contributed by atoms with Crippen molar-refractivity contribution >= 4 is 23.3 Å². The van der Waals surface area contributed by atoms with Crippen LogP contribution in [-0.2, 0) is 14.3 Å². The van der Waals surface area contributed by atoms with Crippen LogP contribution in [-0.4, -0.2) is 45.9 Å². The Kier molecular flexibility index (Phi) is 4.52. The number of Topliss-reactive ketones (excluding diaryl/α,β-unsaturated/α-hetero) is 1. The van der Waals surface area contributed by atoms with E-state index in [1.54, 1.807) is 19.2 Å². The number of hydrogen-bond donors (Lipinski definition) is 1. The van der Waals surface area contributed by atoms with Gasteiger partial charge in [-0.15, -0.1) is 10.2 Å². The number of methoxy groups -OCH3 is 1. The first-order chi connectivity index (χ1) is 11.6. The Morgan fingerprint density at radius 3 is 2.71 bits per heavy atom. The molecule has 2 heterocycles. The van der Waals surface area contributed by atoms with Crippen LogP contribution in [0.3, 0.4) is 0 Å². The van der Waals surface area contributed by atoms with Crippen molar-refractivity contribution in [2.45, 2.75) is 5.16 Å². The third-order valence-corrected chi connectivity index (χ3v) is 4.28. The second-order valence-electron chi connectivity index (χ2n) is 4.88. The summed E-state index contributed by atoms with van der Waals surface area (Å²) >= 11 is 1.26. The molecule has 0 saturated carbocycles. The molecule has 2 N–H and O–H groups in total. The van der Waals surface area contributed by atoms with E-state index in [0.717, 1.165) is 11.3 Å². The summed E-state index contributed by atoms with van der Waals surface area (Å²) in [7, 11) is 1.59. The van der Waals surface area contributed by atoms with E-state index < -0.39 is 11.6 Å². The van der Waals surface area contributed by atoms with E-state index in [0.29, 0.717) is 22.5 Å². The number of thioether (sulfide) groups is 1. The molecular weight excluding hydrogens is 332 g/mol. The molecule has 0 saturated heterocycles. The van der Waals surface area contributed by atoms with Gasteiger partial charge in [0.25, 0.3) is 0 Å². The van der Waals surface area contributed by atoms with Gasteiger partial charge in [-0.3, -0.25) is 9.59 Å². The van der Waals surface area contributed by atoms with E-state index in [2.05, 4.69) is 10.2 Å². The van der Waals surface area contributed by atoms with Crippen molar-refractivity contribution < 1.29 is 19.1 Å². The molecule has 0 bridgehead atoms. The molecule has 0 atom stereocenters. The van der Waals surface area contributed by atoms with E-state index in [1.165, 1.54) is 22.5 Å². The number of carbonyl (C=O) groups is 2. The molecular formula is C15H14N4O4S. The Bertz CT molecular complexity index is 813. The molecule has 0 radical (unpaired) electrons. The summed E-state index contributed by atoms with van der Waals surface area (Å²) in [5.41, 5.74) is 0.798. The molecule has 1 aromatic heterocycles. The third kappa shape index (κ3) is 3.25. The van der Waals surface area contributed by atoms with Gasteiger partial charge in [-0.05, 0) is 24.3 Å². The fraction of sp³-hybridized carbons (Fsp3) is 0.200. The summed E-state index contributed by atoms with van der Waals surface area (Å²) < 4.78 is 11.7. The minimum absolute atomic E-state index is 0.225. The minimum atomic E-state index is -0.551. The lowest BCUT2D eigenvalue weighted by molar-refractivity contribution is -0.137. The standard InChI is InChI=1S/C15H14N4O4S/c1-22-10-4-2-9(3-5-10)14-17-18-15(19(14)16)24-8-11-6-12(20)13(21)7-23-11/h2-6H,7-8,16H2,1H3. The van der Waals surface area contributed by atoms with Gasteiger partial charge in [0.2, 0.25) is 16.7 Å². The van der Waals surface area contributed by atoms with E-state index in [9.17, 15) is 9.59 Å². The van der Waals surface area contributed by atoms with Gasteiger partial charge in [0.1, 0.15) is 11.5 Å². The summed E-state index contributed by atoms with van der Waals surface area (Å²) in [5.74, 6) is 6.91. The lowest BCUT2D eigenvalue weighted by atomic mass is 10.2. The smallest absolute Gasteiger partial charge is 0.240 e. The number of aromatic nitrogens is 3. The van der Waals surface area contributed by atoms with Crippen LogP contribution in [0, 0.1) is 0 Å². The summed E-state index contributed by atoms with van der Waals surface area (Å²) in [5, 5.41) is 8.58. The van der Waals surface area contributed by atoms with Crippen LogP contribution in [0.2, 0.25) is 0 Å². The highest BCUT2D eigenvalue weighted by Crippen LogP contribution is 2.25. The molecule has 124 valence electrons. The molecule has 0 unspecified atom stereocenters. The predicted octanol–water partition coefficient (Wildman–Crippen LogP) is 0.812. The molecule has 0 spiro atoms. The van der Waals surface area contributed by atoms with Gasteiger partial charge in [-0.2, -0.15) is 0 Å². The minimum Gasteiger partial charge on any atom is -0.497 e. The van der Waals surface area contributed by atoms with Crippen LogP contribution in [0.25, 0.3) is 11.4 Å². The molecule has 9 heteroatoms. The van der Waals surface area contributed by atoms with Crippen LogP contribution < -0.4 is 10.6 Å². The van der Waals surface area contributed by atoms with Crippen molar-refractivity contribution in [3.05, 3.63) is 36.1 Å². The maximum atomic E-state index is 11.3. The van der Waals surface area contributed by atoms with Gasteiger partial charge in [0.15, 0.2) is 12.4 Å². The molecule has 1 aliphatic heterocycles. The van der Waals surface area contributed by atoms with Gasteiger partial charge >= 0.3 is 0 Å². The molecule has 0 fully saturated rings. The van der Waals surface area contributed by atoms with E-state index in [4.69, 9.17) is 15.3 Å². The van der Waals surface area contributed by atoms with Crippen LogP contribution in [0.1, 0.15) is 0 Å². The largest absolute Gasteiger partial charge is 0.497 e. The summed E-state index contributed by atoms with van der Waals surface area (Å²) in [6, 6.07) is 7.27. The monoisotopic (exact) mass is 346 g/mol. The van der Waals surface area contributed by atoms with E-state index >= 15 is 0 Å². The van der Waals surface area contributed by atoms with Gasteiger partial charge in [0.05, 0.1) is 12.9 Å². The Hall–Kier alpha value is -2.81. The number of benzene rings is 1. The van der Waals surface area contributed by atoms with Crippen molar-refractivity contribution in [1.82, 2.24) is 14.9 Å². The van der Waals surface area contributed by atoms with Gasteiger partial charge in [0, 0.05) is 11.6 Å². The molecule has 8 nitrogen and oxygen atoms in total. The quantitative estimate of drug-likeness (QED) is 0.481. The molecule has 1 aromatic carbocycles. The number of hydrogen-bond acceptors (Lipinski definition) is 8. The van der Waals surface area contributed by atoms with E-state index in [1.807, 2.05) is 12.1 Å². The second kappa shape index (κ2) is 6.75. The second-order valence-corrected chi connectivity index (χ2v) is 5.82. The molecule has 1 aliphatic rings. The lowest BCUT2D eigenvalue weighted by Crippen LogP contribution is -2.23. The maximum Gasteiger partial charge on any atom is 0.240 e. The number of allylic oxidation sites excluding steroid dienone is 1. The van der Waals surface area contributed by atoms with Crippen molar-refractivity contribution in [3.63, 3.8) is 0 Å². The highest BCUT2D eigenvalue weighted by Gasteiger charge is 2.21. The molecule has 0 amide bonds. The first-order valence-corrected chi connectivity index (χ1v) is 7.95. The highest BCUT2D eigenvalue weighted by atomic mass is 32.2. The van der Waals surface area contributed by atoms with Crippen molar-refractivity contribution in [2.24, 2.45) is 0 Å². The first kappa shape index (κ1) is 16.1. The van der Waals surface area contributed by atoms with Crippen molar-refractivity contribution in [2.75, 3.05) is 25.3 Å². The van der Waals surface area contributed by atoms with Crippen molar-refractivity contribution in [3.8, 4) is 17.1 Å². The number of nitrogens with zero attached hydrogens (tertiary/aromatic N) is 3. The molecule has 0 aliphatic carbocycles. The van der Waals surface area contributed by atoms with Gasteiger partial charge in [-0.25, -0.2) is 4.68 Å². The Morgan fingerprint density at radius 1 is 1.29 bits per heavy atom. The van der Waals surface area contributed by atoms with Crippen LogP contribution in [0.15, 0.2) is 41.3 Å². The molecule has 3 rings (SSSR count). The fourth-order valence-corrected chi connectivity index (χ4v) is 2.79. The summed E-state index contributed by atoms with van der Waals surface area (Å²) in [4.78, 5) is 22.4. The van der Waals surface area contributed by atoms with Crippen molar-refractivity contribution in [1.29, 1.82) is 0 Å². The Labute approximate surface area is 141 Å². The van der Waals surface area contributed by atoms with Crippen LogP contribution in [0.5, 0.6) is 5.75 Å². The zero-order chi connectivity index (χ0) is 17.1. The summed E-state index contributed by atoms with van der Waals surface area (Å²) in [6.07, 6.45) is 1.19. The number of carbonyl (C=O) groups excluding carboxylic acids is 2. The summed E-state index contributed by atoms with van der Waals surface area (Å²) in [6.45, 7) is -0.225. The third-order valence-electron chi connectivity index (χ3n) is 3.31. The normalized spacial score (nSPS) is 14.3. The number of nitrogen functional groups attached to an aromatic ring is 1. The average molecular weight is 346 g/mol. The highest BCUT2D eigenvalue weighted by molar-refractivity contribution is 7.99. The molecule has 2 aromatic rings. The van der Waals surface area contributed by atoms with Crippen LogP contribution >= 0.6 is 11.8 Å². The first-order valence-electron chi connectivity index (χ1n) is 6.96. The number of nitrogens with two attached hydrogens (primary N) is 1. The maximum absolute atomic E-state index is 11.3. The average Bonchev–Trinajstić information content (AvgIpc) is 2.97. The number of ether oxygens (including phenoxy) is 2. The number of rotatable bonds is 5.